The van der Waals surface area contributed by atoms with Crippen LogP contribution >= 0.6 is 0 Å². The number of rotatable bonds is 10. The Morgan fingerprint density at radius 1 is 0.824 bits per heavy atom. The van der Waals surface area contributed by atoms with Gasteiger partial charge in [0.15, 0.2) is 8.32 Å². The Morgan fingerprint density at radius 3 is 1.82 bits per heavy atom. The van der Waals surface area contributed by atoms with Crippen molar-refractivity contribution in [2.45, 2.75) is 78.2 Å². The van der Waals surface area contributed by atoms with Gasteiger partial charge in [0.2, 0.25) is 0 Å². The van der Waals surface area contributed by atoms with Crippen molar-refractivity contribution in [2.24, 2.45) is 0 Å². The van der Waals surface area contributed by atoms with Crippen LogP contribution in [0.15, 0.2) is 0 Å². The number of unbranched alkanes of at least 4 members (excludes halogenated alkanes) is 2. The topological polar surface area (TPSA) is 18.5 Å². The summed E-state index contributed by atoms with van der Waals surface area (Å²) in [5.74, 6) is 0. The van der Waals surface area contributed by atoms with E-state index in [1.807, 2.05) is 0 Å². The molecule has 0 aliphatic rings. The van der Waals surface area contributed by atoms with Gasteiger partial charge in [0, 0.05) is 6.61 Å². The molecule has 0 aliphatic heterocycles. The van der Waals surface area contributed by atoms with Crippen molar-refractivity contribution in [1.29, 1.82) is 0 Å². The van der Waals surface area contributed by atoms with E-state index in [0.29, 0.717) is 0 Å². The maximum Gasteiger partial charge on any atom is 0.324 e. The molecule has 17 heavy (non-hydrogen) atoms. The van der Waals surface area contributed by atoms with Crippen LogP contribution in [0.3, 0.4) is 0 Å². The average Bonchev–Trinajstić information content (AvgIpc) is 2.23. The van der Waals surface area contributed by atoms with Crippen LogP contribution in [0.5, 0.6) is 0 Å². The van der Waals surface area contributed by atoms with Crippen LogP contribution in [-0.4, -0.2) is 23.5 Å². The average molecular weight is 277 g/mol. The molecule has 0 rings (SSSR count). The molecule has 0 N–H and O–H groups in total. The van der Waals surface area contributed by atoms with Gasteiger partial charge >= 0.3 is 8.56 Å². The first-order valence-electron chi connectivity index (χ1n) is 7.23. The summed E-state index contributed by atoms with van der Waals surface area (Å²) >= 11 is 0. The molecule has 0 radical (unpaired) electrons. The molecule has 0 aromatic rings. The van der Waals surface area contributed by atoms with Crippen LogP contribution in [0.4, 0.5) is 0 Å². The molecular formula is C13H32O2Si2. The molecule has 2 nitrogen and oxygen atoms in total. The zero-order valence-electron chi connectivity index (χ0n) is 12.8. The van der Waals surface area contributed by atoms with Crippen LogP contribution < -0.4 is 0 Å². The highest BCUT2D eigenvalue weighted by molar-refractivity contribution is 6.82. The lowest BCUT2D eigenvalue weighted by molar-refractivity contribution is 0.252. The molecule has 0 saturated heterocycles. The fourth-order valence-corrected chi connectivity index (χ4v) is 10.9. The lowest BCUT2D eigenvalue weighted by atomic mass is 10.4. The Balaban J connectivity index is 4.38. The van der Waals surface area contributed by atoms with Crippen LogP contribution in [0.2, 0.25) is 31.7 Å². The van der Waals surface area contributed by atoms with Gasteiger partial charge < -0.3 is 8.54 Å². The van der Waals surface area contributed by atoms with Crippen molar-refractivity contribution in [3.8, 4) is 0 Å². The normalized spacial score (nSPS) is 15.9. The van der Waals surface area contributed by atoms with E-state index in [-0.39, 0.29) is 0 Å². The number of hydrogen-bond acceptors (Lipinski definition) is 2. The molecule has 0 heterocycles. The minimum atomic E-state index is -1.89. The summed E-state index contributed by atoms with van der Waals surface area (Å²) in [4.78, 5) is 0. The Labute approximate surface area is 110 Å². The first-order valence-corrected chi connectivity index (χ1v) is 12.9. The van der Waals surface area contributed by atoms with E-state index in [1.165, 1.54) is 31.7 Å². The fraction of sp³-hybridized carbons (Fsp3) is 1.00. The van der Waals surface area contributed by atoms with E-state index < -0.39 is 16.9 Å². The van der Waals surface area contributed by atoms with Gasteiger partial charge in [-0.1, -0.05) is 39.5 Å². The summed E-state index contributed by atoms with van der Waals surface area (Å²) in [5.41, 5.74) is 0. The summed E-state index contributed by atoms with van der Waals surface area (Å²) < 4.78 is 12.5. The van der Waals surface area contributed by atoms with Crippen molar-refractivity contribution in [3.63, 3.8) is 0 Å². The highest BCUT2D eigenvalue weighted by atomic mass is 28.4. The number of hydrogen-bond donors (Lipinski definition) is 0. The van der Waals surface area contributed by atoms with Crippen LogP contribution in [0, 0.1) is 0 Å². The molecule has 0 bridgehead atoms. The Bertz CT molecular complexity index is 198. The molecule has 0 spiro atoms. The van der Waals surface area contributed by atoms with Crippen molar-refractivity contribution in [2.75, 3.05) is 6.61 Å². The van der Waals surface area contributed by atoms with E-state index in [0.717, 1.165) is 12.7 Å². The highest BCUT2D eigenvalue weighted by Crippen LogP contribution is 2.25. The summed E-state index contributed by atoms with van der Waals surface area (Å²) in [6.07, 6.45) is 5.03. The zero-order chi connectivity index (χ0) is 13.4. The van der Waals surface area contributed by atoms with E-state index in [1.54, 1.807) is 0 Å². The van der Waals surface area contributed by atoms with Gasteiger partial charge in [-0.2, -0.15) is 0 Å². The van der Waals surface area contributed by atoms with Crippen LogP contribution in [0.25, 0.3) is 0 Å². The first-order chi connectivity index (χ1) is 7.89. The SMILES string of the molecule is CCCC[Si](C)(C)O[Si](C)(CCCC)OCC. The Morgan fingerprint density at radius 2 is 1.35 bits per heavy atom. The molecule has 1 atom stereocenters. The summed E-state index contributed by atoms with van der Waals surface area (Å²) in [7, 11) is -3.40. The minimum absolute atomic E-state index is 0.796. The predicted molar refractivity (Wildman–Crippen MR) is 81.2 cm³/mol. The molecule has 1 unspecified atom stereocenters. The minimum Gasteiger partial charge on any atom is -0.436 e. The van der Waals surface area contributed by atoms with Gasteiger partial charge in [-0.3, -0.25) is 0 Å². The van der Waals surface area contributed by atoms with Crippen LogP contribution in [0.1, 0.15) is 46.5 Å². The standard InChI is InChI=1S/C13H32O2Si2/c1-7-10-12-16(4,5)15-17(6,14-9-3)13-11-8-2/h7-13H2,1-6H3. The van der Waals surface area contributed by atoms with E-state index in [2.05, 4.69) is 40.4 Å². The third kappa shape index (κ3) is 8.13. The second-order valence-corrected chi connectivity index (χ2v) is 13.5. The fourth-order valence-electron chi connectivity index (χ4n) is 2.19. The van der Waals surface area contributed by atoms with E-state index in [4.69, 9.17) is 8.54 Å². The lowest BCUT2D eigenvalue weighted by Crippen LogP contribution is -2.48. The summed E-state index contributed by atoms with van der Waals surface area (Å²) in [5, 5.41) is 0. The Hall–Kier alpha value is 0.354. The lowest BCUT2D eigenvalue weighted by Gasteiger charge is -2.35. The second-order valence-electron chi connectivity index (χ2n) is 5.64. The molecule has 0 aliphatic carbocycles. The van der Waals surface area contributed by atoms with Crippen LogP contribution in [-0.2, 0) is 8.54 Å². The van der Waals surface area contributed by atoms with Crippen molar-refractivity contribution < 1.29 is 8.54 Å². The molecule has 0 aromatic heterocycles. The molecule has 0 saturated carbocycles. The quantitative estimate of drug-likeness (QED) is 0.527. The zero-order valence-corrected chi connectivity index (χ0v) is 14.8. The highest BCUT2D eigenvalue weighted by Gasteiger charge is 2.37. The second kappa shape index (κ2) is 8.45. The molecule has 0 amide bonds. The molecule has 0 fully saturated rings. The summed E-state index contributed by atoms with van der Waals surface area (Å²) in [6, 6.07) is 2.42. The predicted octanol–water partition coefficient (Wildman–Crippen LogP) is 4.92. The van der Waals surface area contributed by atoms with Gasteiger partial charge in [-0.05, 0) is 38.7 Å². The smallest absolute Gasteiger partial charge is 0.324 e. The first kappa shape index (κ1) is 17.4. The van der Waals surface area contributed by atoms with Crippen molar-refractivity contribution in [1.82, 2.24) is 0 Å². The largest absolute Gasteiger partial charge is 0.436 e. The van der Waals surface area contributed by atoms with Crippen molar-refractivity contribution in [3.05, 3.63) is 0 Å². The molecule has 0 aromatic carbocycles. The molecular weight excluding hydrogens is 244 g/mol. The summed E-state index contributed by atoms with van der Waals surface area (Å²) in [6.45, 7) is 14.3. The van der Waals surface area contributed by atoms with Gasteiger partial charge in [0.1, 0.15) is 0 Å². The Kier molecular flexibility index (Phi) is 8.63. The third-order valence-electron chi connectivity index (χ3n) is 3.06. The monoisotopic (exact) mass is 276 g/mol. The maximum atomic E-state index is 6.53. The van der Waals surface area contributed by atoms with E-state index >= 15 is 0 Å². The van der Waals surface area contributed by atoms with Gasteiger partial charge in [0.25, 0.3) is 0 Å². The molecule has 104 valence electrons. The van der Waals surface area contributed by atoms with Gasteiger partial charge in [-0.15, -0.1) is 0 Å². The third-order valence-corrected chi connectivity index (χ3v) is 10.7. The van der Waals surface area contributed by atoms with Gasteiger partial charge in [-0.25, -0.2) is 0 Å². The molecule has 4 heteroatoms. The van der Waals surface area contributed by atoms with E-state index in [9.17, 15) is 0 Å². The van der Waals surface area contributed by atoms with Crippen molar-refractivity contribution >= 4 is 16.9 Å². The maximum absolute atomic E-state index is 6.53. The van der Waals surface area contributed by atoms with Gasteiger partial charge in [0.05, 0.1) is 0 Å².